The molecule has 0 radical (unpaired) electrons. The number of hydrogen-bond acceptors (Lipinski definition) is 2. The summed E-state index contributed by atoms with van der Waals surface area (Å²) in [6, 6.07) is 0.235. The van der Waals surface area contributed by atoms with E-state index in [0.717, 1.165) is 19.5 Å². The molecule has 3 nitrogen and oxygen atoms in total. The van der Waals surface area contributed by atoms with Crippen LogP contribution in [0.2, 0.25) is 0 Å². The van der Waals surface area contributed by atoms with Gasteiger partial charge in [-0.15, -0.1) is 0 Å². The molecule has 0 spiro atoms. The van der Waals surface area contributed by atoms with Crippen molar-refractivity contribution in [2.75, 3.05) is 13.1 Å². The fourth-order valence-electron chi connectivity index (χ4n) is 2.07. The number of carbonyl (C=O) groups excluding carboxylic acids is 1. The lowest BCUT2D eigenvalue weighted by Gasteiger charge is -2.31. The fraction of sp³-hybridized carbons (Fsp3) is 0.909. The van der Waals surface area contributed by atoms with Gasteiger partial charge in [0.15, 0.2) is 0 Å². The summed E-state index contributed by atoms with van der Waals surface area (Å²) < 4.78 is 0. The molecule has 0 saturated carbocycles. The van der Waals surface area contributed by atoms with Crippen LogP contribution in [-0.2, 0) is 4.79 Å². The van der Waals surface area contributed by atoms with Crippen molar-refractivity contribution in [3.05, 3.63) is 0 Å². The van der Waals surface area contributed by atoms with E-state index < -0.39 is 0 Å². The summed E-state index contributed by atoms with van der Waals surface area (Å²) in [4.78, 5) is 12.1. The molecule has 1 unspecified atom stereocenters. The predicted octanol–water partition coefficient (Wildman–Crippen LogP) is 1.15. The summed E-state index contributed by atoms with van der Waals surface area (Å²) in [5.74, 6) is 0.615. The minimum absolute atomic E-state index is 0.176. The van der Waals surface area contributed by atoms with Crippen molar-refractivity contribution in [1.82, 2.24) is 10.6 Å². The Morgan fingerprint density at radius 1 is 1.36 bits per heavy atom. The Balaban J connectivity index is 2.72. The van der Waals surface area contributed by atoms with Crippen molar-refractivity contribution in [2.45, 2.75) is 40.2 Å². The topological polar surface area (TPSA) is 41.1 Å². The monoisotopic (exact) mass is 198 g/mol. The molecule has 14 heavy (non-hydrogen) atoms. The third-order valence-corrected chi connectivity index (χ3v) is 3.17. The highest BCUT2D eigenvalue weighted by Gasteiger charge is 2.43. The van der Waals surface area contributed by atoms with E-state index in [1.165, 1.54) is 0 Å². The second kappa shape index (κ2) is 4.30. The van der Waals surface area contributed by atoms with Crippen molar-refractivity contribution in [1.29, 1.82) is 0 Å². The van der Waals surface area contributed by atoms with Gasteiger partial charge in [-0.1, -0.05) is 13.8 Å². The van der Waals surface area contributed by atoms with E-state index in [1.54, 1.807) is 0 Å². The highest BCUT2D eigenvalue weighted by Crippen LogP contribution is 2.34. The molecule has 1 amide bonds. The summed E-state index contributed by atoms with van der Waals surface area (Å²) in [7, 11) is 0. The maximum atomic E-state index is 12.1. The summed E-state index contributed by atoms with van der Waals surface area (Å²) >= 11 is 0. The lowest BCUT2D eigenvalue weighted by atomic mass is 9.75. The third kappa shape index (κ3) is 2.08. The standard InChI is InChI=1S/C11H22N2O/c1-8(2)11(5-6-12-7-11)10(14)13-9(3)4/h8-9,12H,5-7H2,1-4H3,(H,13,14). The average Bonchev–Trinajstić information content (AvgIpc) is 2.51. The van der Waals surface area contributed by atoms with Crippen LogP contribution in [0, 0.1) is 11.3 Å². The van der Waals surface area contributed by atoms with Gasteiger partial charge in [0.05, 0.1) is 5.41 Å². The van der Waals surface area contributed by atoms with Gasteiger partial charge in [-0.25, -0.2) is 0 Å². The van der Waals surface area contributed by atoms with E-state index in [0.29, 0.717) is 5.92 Å². The largest absolute Gasteiger partial charge is 0.353 e. The molecule has 2 N–H and O–H groups in total. The average molecular weight is 198 g/mol. The number of amides is 1. The molecule has 0 aliphatic carbocycles. The van der Waals surface area contributed by atoms with Gasteiger partial charge in [-0.3, -0.25) is 4.79 Å². The molecule has 0 bridgehead atoms. The molecule has 1 fully saturated rings. The van der Waals surface area contributed by atoms with Crippen LogP contribution in [0.5, 0.6) is 0 Å². The maximum absolute atomic E-state index is 12.1. The van der Waals surface area contributed by atoms with Crippen molar-refractivity contribution >= 4 is 5.91 Å². The summed E-state index contributed by atoms with van der Waals surface area (Å²) in [5.41, 5.74) is -0.176. The first-order chi connectivity index (χ1) is 6.49. The fourth-order valence-corrected chi connectivity index (χ4v) is 2.07. The van der Waals surface area contributed by atoms with E-state index in [2.05, 4.69) is 24.5 Å². The molecule has 0 aromatic heterocycles. The first-order valence-electron chi connectivity index (χ1n) is 5.51. The Hall–Kier alpha value is -0.570. The first kappa shape index (κ1) is 11.5. The molecule has 1 rings (SSSR count). The normalized spacial score (nSPS) is 27.3. The van der Waals surface area contributed by atoms with Gasteiger partial charge in [0, 0.05) is 12.6 Å². The van der Waals surface area contributed by atoms with E-state index in [4.69, 9.17) is 0 Å². The lowest BCUT2D eigenvalue weighted by Crippen LogP contribution is -2.48. The van der Waals surface area contributed by atoms with Crippen LogP contribution in [0.3, 0.4) is 0 Å². The Bertz CT molecular complexity index is 205. The van der Waals surface area contributed by atoms with Crippen LogP contribution < -0.4 is 10.6 Å². The number of rotatable bonds is 3. The van der Waals surface area contributed by atoms with E-state index in [-0.39, 0.29) is 17.4 Å². The number of carbonyl (C=O) groups is 1. The second-order valence-electron chi connectivity index (χ2n) is 4.87. The molecule has 1 atom stereocenters. The van der Waals surface area contributed by atoms with Crippen molar-refractivity contribution in [3.63, 3.8) is 0 Å². The molecule has 0 aromatic carbocycles. The second-order valence-corrected chi connectivity index (χ2v) is 4.87. The molecule has 82 valence electrons. The summed E-state index contributed by atoms with van der Waals surface area (Å²) in [6.45, 7) is 10.1. The van der Waals surface area contributed by atoms with Crippen LogP contribution in [0.4, 0.5) is 0 Å². The van der Waals surface area contributed by atoms with Crippen LogP contribution >= 0.6 is 0 Å². The van der Waals surface area contributed by atoms with Crippen LogP contribution in [-0.4, -0.2) is 25.0 Å². The molecule has 1 aliphatic rings. The van der Waals surface area contributed by atoms with Gasteiger partial charge in [0.1, 0.15) is 0 Å². The Kier molecular flexibility index (Phi) is 3.53. The van der Waals surface area contributed by atoms with Crippen molar-refractivity contribution in [3.8, 4) is 0 Å². The maximum Gasteiger partial charge on any atom is 0.228 e. The van der Waals surface area contributed by atoms with E-state index in [1.807, 2.05) is 13.8 Å². The Morgan fingerprint density at radius 3 is 2.36 bits per heavy atom. The summed E-state index contributed by atoms with van der Waals surface area (Å²) in [5, 5.41) is 6.32. The number of nitrogens with one attached hydrogen (secondary N) is 2. The van der Waals surface area contributed by atoms with Crippen LogP contribution in [0.1, 0.15) is 34.1 Å². The zero-order chi connectivity index (χ0) is 10.8. The molecular weight excluding hydrogens is 176 g/mol. The van der Waals surface area contributed by atoms with Gasteiger partial charge in [-0.2, -0.15) is 0 Å². The molecular formula is C11H22N2O. The quantitative estimate of drug-likeness (QED) is 0.714. The molecule has 1 saturated heterocycles. The molecule has 3 heteroatoms. The van der Waals surface area contributed by atoms with Gasteiger partial charge in [0.25, 0.3) is 0 Å². The minimum atomic E-state index is -0.176. The Morgan fingerprint density at radius 2 is 2.00 bits per heavy atom. The zero-order valence-electron chi connectivity index (χ0n) is 9.68. The van der Waals surface area contributed by atoms with Crippen LogP contribution in [0.25, 0.3) is 0 Å². The third-order valence-electron chi connectivity index (χ3n) is 3.17. The minimum Gasteiger partial charge on any atom is -0.353 e. The van der Waals surface area contributed by atoms with Gasteiger partial charge < -0.3 is 10.6 Å². The van der Waals surface area contributed by atoms with E-state index in [9.17, 15) is 4.79 Å². The molecule has 1 aliphatic heterocycles. The van der Waals surface area contributed by atoms with E-state index >= 15 is 0 Å². The highest BCUT2D eigenvalue weighted by molar-refractivity contribution is 5.83. The summed E-state index contributed by atoms with van der Waals surface area (Å²) in [6.07, 6.45) is 0.962. The van der Waals surface area contributed by atoms with Crippen molar-refractivity contribution in [2.24, 2.45) is 11.3 Å². The smallest absolute Gasteiger partial charge is 0.228 e. The Labute approximate surface area is 86.6 Å². The predicted molar refractivity (Wildman–Crippen MR) is 58.0 cm³/mol. The van der Waals surface area contributed by atoms with Crippen LogP contribution in [0.15, 0.2) is 0 Å². The molecule has 1 heterocycles. The van der Waals surface area contributed by atoms with Gasteiger partial charge in [0.2, 0.25) is 5.91 Å². The lowest BCUT2D eigenvalue weighted by molar-refractivity contribution is -0.133. The number of hydrogen-bond donors (Lipinski definition) is 2. The van der Waals surface area contributed by atoms with Gasteiger partial charge in [-0.05, 0) is 32.7 Å². The van der Waals surface area contributed by atoms with Gasteiger partial charge >= 0.3 is 0 Å². The zero-order valence-corrected chi connectivity index (χ0v) is 9.68. The highest BCUT2D eigenvalue weighted by atomic mass is 16.2. The molecule has 0 aromatic rings. The first-order valence-corrected chi connectivity index (χ1v) is 5.51. The van der Waals surface area contributed by atoms with Crippen molar-refractivity contribution < 1.29 is 4.79 Å². The SMILES string of the molecule is CC(C)NC(=O)C1(C(C)C)CCNC1.